The molecule has 1 atom stereocenters. The van der Waals surface area contributed by atoms with Crippen molar-refractivity contribution < 1.29 is 22.6 Å². The molecule has 1 unspecified atom stereocenters. The first kappa shape index (κ1) is 9.76. The van der Waals surface area contributed by atoms with Gasteiger partial charge in [-0.2, -0.15) is 13.2 Å². The fourth-order valence-corrected chi connectivity index (χ4v) is 0.791. The summed E-state index contributed by atoms with van der Waals surface area (Å²) in [7, 11) is 0. The van der Waals surface area contributed by atoms with Crippen LogP contribution >= 0.6 is 0 Å². The molecular formula is C6H10F3NO2. The third-order valence-electron chi connectivity index (χ3n) is 1.54. The number of nitrogens with two attached hydrogens (primary N) is 1. The van der Waals surface area contributed by atoms with Crippen LogP contribution in [0, 0.1) is 0 Å². The lowest BCUT2D eigenvalue weighted by Gasteiger charge is -2.30. The molecule has 3 nitrogen and oxygen atoms in total. The van der Waals surface area contributed by atoms with Crippen LogP contribution in [-0.4, -0.2) is 38.1 Å². The Kier molecular flexibility index (Phi) is 2.92. The van der Waals surface area contributed by atoms with Crippen molar-refractivity contribution in [1.82, 2.24) is 0 Å². The summed E-state index contributed by atoms with van der Waals surface area (Å²) in [6.45, 7) is -0.0842. The van der Waals surface area contributed by atoms with E-state index >= 15 is 0 Å². The molecular weight excluding hydrogens is 175 g/mol. The second kappa shape index (κ2) is 3.59. The molecule has 1 fully saturated rings. The van der Waals surface area contributed by atoms with Crippen molar-refractivity contribution in [2.45, 2.75) is 18.4 Å². The van der Waals surface area contributed by atoms with E-state index in [-0.39, 0.29) is 13.2 Å². The summed E-state index contributed by atoms with van der Waals surface area (Å²) in [5, 5.41) is 0. The van der Waals surface area contributed by atoms with Gasteiger partial charge in [0.1, 0.15) is 6.10 Å². The van der Waals surface area contributed by atoms with Crippen LogP contribution in [0.15, 0.2) is 0 Å². The first-order valence-electron chi connectivity index (χ1n) is 3.54. The summed E-state index contributed by atoms with van der Waals surface area (Å²) in [5.41, 5.74) is 4.90. The molecule has 6 heteroatoms. The molecule has 1 aliphatic rings. The largest absolute Gasteiger partial charge is 0.415 e. The lowest BCUT2D eigenvalue weighted by atomic mass is 10.3. The molecule has 0 radical (unpaired) electrons. The predicted octanol–water partition coefficient (Wildman–Crippen LogP) is 0.291. The average molecular weight is 185 g/mol. The Morgan fingerprint density at radius 2 is 2.08 bits per heavy atom. The minimum atomic E-state index is -4.37. The molecule has 0 spiro atoms. The summed E-state index contributed by atoms with van der Waals surface area (Å²) in [6.07, 6.45) is -6.67. The number of ether oxygens (including phenoxy) is 2. The number of hydrogen-bond donors (Lipinski definition) is 1. The zero-order valence-corrected chi connectivity index (χ0v) is 6.30. The molecule has 1 saturated heterocycles. The topological polar surface area (TPSA) is 44.5 Å². The number of hydrogen-bond acceptors (Lipinski definition) is 3. The van der Waals surface area contributed by atoms with E-state index in [1.54, 1.807) is 0 Å². The fraction of sp³-hybridized carbons (Fsp3) is 1.00. The van der Waals surface area contributed by atoms with E-state index in [0.717, 1.165) is 0 Å². The van der Waals surface area contributed by atoms with E-state index in [4.69, 9.17) is 5.73 Å². The Hall–Kier alpha value is -0.330. The van der Waals surface area contributed by atoms with Crippen LogP contribution in [0.4, 0.5) is 13.2 Å². The van der Waals surface area contributed by atoms with Gasteiger partial charge in [0.15, 0.2) is 6.10 Å². The lowest BCUT2D eigenvalue weighted by molar-refractivity contribution is -0.256. The fourth-order valence-electron chi connectivity index (χ4n) is 0.791. The molecule has 1 heterocycles. The van der Waals surface area contributed by atoms with Crippen LogP contribution < -0.4 is 5.73 Å². The van der Waals surface area contributed by atoms with E-state index in [9.17, 15) is 13.2 Å². The molecule has 0 amide bonds. The maximum atomic E-state index is 12.0. The van der Waals surface area contributed by atoms with Gasteiger partial charge in [-0.05, 0) is 0 Å². The molecule has 0 aromatic carbocycles. The first-order chi connectivity index (χ1) is 5.54. The summed E-state index contributed by atoms with van der Waals surface area (Å²) < 4.78 is 45.3. The van der Waals surface area contributed by atoms with E-state index in [1.807, 2.05) is 0 Å². The Labute approximate surface area is 67.6 Å². The summed E-state index contributed by atoms with van der Waals surface area (Å²) in [6, 6.07) is 0. The average Bonchev–Trinajstić information content (AvgIpc) is 1.82. The van der Waals surface area contributed by atoms with Crippen molar-refractivity contribution in [1.29, 1.82) is 0 Å². The predicted molar refractivity (Wildman–Crippen MR) is 34.6 cm³/mol. The lowest BCUT2D eigenvalue weighted by Crippen LogP contribution is -2.47. The minimum absolute atomic E-state index is 0.229. The maximum Gasteiger partial charge on any atom is 0.415 e. The van der Waals surface area contributed by atoms with E-state index in [1.165, 1.54) is 0 Å². The van der Waals surface area contributed by atoms with E-state index in [0.29, 0.717) is 0 Å². The number of alkyl halides is 3. The van der Waals surface area contributed by atoms with Gasteiger partial charge < -0.3 is 15.2 Å². The van der Waals surface area contributed by atoms with Crippen LogP contribution in [0.1, 0.15) is 0 Å². The van der Waals surface area contributed by atoms with Gasteiger partial charge in [0.25, 0.3) is 0 Å². The van der Waals surface area contributed by atoms with Crippen LogP contribution in [-0.2, 0) is 9.47 Å². The van der Waals surface area contributed by atoms with Crippen molar-refractivity contribution in [3.63, 3.8) is 0 Å². The highest BCUT2D eigenvalue weighted by molar-refractivity contribution is 4.74. The van der Waals surface area contributed by atoms with Gasteiger partial charge in [-0.1, -0.05) is 0 Å². The van der Waals surface area contributed by atoms with Crippen LogP contribution in [0.5, 0.6) is 0 Å². The van der Waals surface area contributed by atoms with Crippen molar-refractivity contribution in [2.75, 3.05) is 19.8 Å². The molecule has 1 aliphatic heterocycles. The quantitative estimate of drug-likeness (QED) is 0.687. The van der Waals surface area contributed by atoms with Crippen molar-refractivity contribution in [3.8, 4) is 0 Å². The SMILES string of the molecule is NCC(OC1COC1)C(F)(F)F. The first-order valence-corrected chi connectivity index (χ1v) is 3.54. The number of halogens is 3. The minimum Gasteiger partial charge on any atom is -0.376 e. The normalized spacial score (nSPS) is 22.0. The third-order valence-corrected chi connectivity index (χ3v) is 1.54. The van der Waals surface area contributed by atoms with Gasteiger partial charge in [0, 0.05) is 6.54 Å². The van der Waals surface area contributed by atoms with Gasteiger partial charge in [-0.15, -0.1) is 0 Å². The highest BCUT2D eigenvalue weighted by Crippen LogP contribution is 2.24. The molecule has 0 aromatic rings. The summed E-state index contributed by atoms with van der Waals surface area (Å²) in [4.78, 5) is 0. The van der Waals surface area contributed by atoms with Crippen molar-refractivity contribution in [2.24, 2.45) is 5.73 Å². The smallest absolute Gasteiger partial charge is 0.376 e. The van der Waals surface area contributed by atoms with Gasteiger partial charge in [0.2, 0.25) is 0 Å². The van der Waals surface area contributed by atoms with Crippen LogP contribution in [0.2, 0.25) is 0 Å². The maximum absolute atomic E-state index is 12.0. The Morgan fingerprint density at radius 3 is 2.33 bits per heavy atom. The second-order valence-corrected chi connectivity index (χ2v) is 2.56. The Morgan fingerprint density at radius 1 is 1.50 bits per heavy atom. The standard InChI is InChI=1S/C6H10F3NO2/c7-6(8,9)5(1-10)12-4-2-11-3-4/h4-5H,1-3,10H2. The third kappa shape index (κ3) is 2.33. The Bertz CT molecular complexity index is 146. The summed E-state index contributed by atoms with van der Waals surface area (Å²) >= 11 is 0. The molecule has 72 valence electrons. The second-order valence-electron chi connectivity index (χ2n) is 2.56. The van der Waals surface area contributed by atoms with E-state index in [2.05, 4.69) is 9.47 Å². The van der Waals surface area contributed by atoms with Crippen molar-refractivity contribution >= 4 is 0 Å². The zero-order chi connectivity index (χ0) is 9.19. The molecule has 0 aliphatic carbocycles. The van der Waals surface area contributed by atoms with Crippen LogP contribution in [0.3, 0.4) is 0 Å². The van der Waals surface area contributed by atoms with Gasteiger partial charge >= 0.3 is 6.18 Å². The molecule has 0 bridgehead atoms. The molecule has 12 heavy (non-hydrogen) atoms. The molecule has 2 N–H and O–H groups in total. The van der Waals surface area contributed by atoms with Gasteiger partial charge in [0.05, 0.1) is 13.2 Å². The van der Waals surface area contributed by atoms with Crippen LogP contribution in [0.25, 0.3) is 0 Å². The highest BCUT2D eigenvalue weighted by atomic mass is 19.4. The monoisotopic (exact) mass is 185 g/mol. The van der Waals surface area contributed by atoms with Gasteiger partial charge in [-0.25, -0.2) is 0 Å². The Balaban J connectivity index is 2.34. The number of rotatable bonds is 3. The van der Waals surface area contributed by atoms with E-state index < -0.39 is 24.9 Å². The summed E-state index contributed by atoms with van der Waals surface area (Å²) in [5.74, 6) is 0. The highest BCUT2D eigenvalue weighted by Gasteiger charge is 2.42. The molecule has 0 saturated carbocycles. The molecule has 0 aromatic heterocycles. The van der Waals surface area contributed by atoms with Crippen molar-refractivity contribution in [3.05, 3.63) is 0 Å². The van der Waals surface area contributed by atoms with Gasteiger partial charge in [-0.3, -0.25) is 0 Å². The molecule has 1 rings (SSSR count). The zero-order valence-electron chi connectivity index (χ0n) is 6.30.